The zero-order chi connectivity index (χ0) is 13.1. The lowest BCUT2D eigenvalue weighted by atomic mass is 10.1. The van der Waals surface area contributed by atoms with Crippen molar-refractivity contribution in [3.05, 3.63) is 33.8 Å². The number of nitrogens with zero attached hydrogens (tertiary/aromatic N) is 1. The van der Waals surface area contributed by atoms with Crippen molar-refractivity contribution >= 4 is 21.8 Å². The fourth-order valence-corrected chi connectivity index (χ4v) is 2.83. The van der Waals surface area contributed by atoms with Gasteiger partial charge in [-0.1, -0.05) is 15.9 Å². The summed E-state index contributed by atoms with van der Waals surface area (Å²) in [6, 6.07) is 5.82. The Kier molecular flexibility index (Phi) is 4.40. The van der Waals surface area contributed by atoms with Crippen LogP contribution in [0.5, 0.6) is 0 Å². The SMILES string of the molecule is Cc1cc(Br)cc(C(=O)N2CCCOC(C)C2)c1. The van der Waals surface area contributed by atoms with Gasteiger partial charge in [0.2, 0.25) is 0 Å². The number of rotatable bonds is 1. The molecule has 3 nitrogen and oxygen atoms in total. The maximum absolute atomic E-state index is 12.5. The first-order valence-corrected chi connectivity index (χ1v) is 7.03. The number of aryl methyl sites for hydroxylation is 1. The highest BCUT2D eigenvalue weighted by atomic mass is 79.9. The fourth-order valence-electron chi connectivity index (χ4n) is 2.22. The number of carbonyl (C=O) groups is 1. The first-order valence-electron chi connectivity index (χ1n) is 6.24. The Hall–Kier alpha value is -0.870. The largest absolute Gasteiger partial charge is 0.377 e. The summed E-state index contributed by atoms with van der Waals surface area (Å²) in [5, 5.41) is 0. The number of hydrogen-bond acceptors (Lipinski definition) is 2. The normalized spacial score (nSPS) is 20.6. The minimum absolute atomic E-state index is 0.0942. The van der Waals surface area contributed by atoms with Gasteiger partial charge >= 0.3 is 0 Å². The Morgan fingerprint density at radius 3 is 2.94 bits per heavy atom. The summed E-state index contributed by atoms with van der Waals surface area (Å²) in [4.78, 5) is 14.3. The molecule has 0 radical (unpaired) electrons. The lowest BCUT2D eigenvalue weighted by Gasteiger charge is -2.22. The Morgan fingerprint density at radius 2 is 2.22 bits per heavy atom. The first kappa shape index (κ1) is 13.6. The lowest BCUT2D eigenvalue weighted by Crippen LogP contribution is -2.35. The maximum Gasteiger partial charge on any atom is 0.253 e. The third-order valence-electron chi connectivity index (χ3n) is 3.03. The van der Waals surface area contributed by atoms with Crippen LogP contribution in [-0.2, 0) is 4.74 Å². The Labute approximate surface area is 116 Å². The number of ether oxygens (including phenoxy) is 1. The van der Waals surface area contributed by atoms with Gasteiger partial charge in [0.05, 0.1) is 6.10 Å². The topological polar surface area (TPSA) is 29.5 Å². The van der Waals surface area contributed by atoms with Gasteiger partial charge in [-0.2, -0.15) is 0 Å². The maximum atomic E-state index is 12.5. The number of carbonyl (C=O) groups excluding carboxylic acids is 1. The lowest BCUT2D eigenvalue weighted by molar-refractivity contribution is 0.0562. The third kappa shape index (κ3) is 3.33. The molecular formula is C14H18BrNO2. The summed E-state index contributed by atoms with van der Waals surface area (Å²) in [7, 11) is 0. The van der Waals surface area contributed by atoms with Gasteiger partial charge in [0, 0.05) is 29.7 Å². The molecule has 1 atom stereocenters. The first-order chi connectivity index (χ1) is 8.56. The molecule has 1 fully saturated rings. The minimum atomic E-state index is 0.0942. The van der Waals surface area contributed by atoms with Crippen LogP contribution in [0.25, 0.3) is 0 Å². The van der Waals surface area contributed by atoms with Crippen LogP contribution in [0.4, 0.5) is 0 Å². The predicted octanol–water partition coefficient (Wildman–Crippen LogP) is 3.01. The molecule has 98 valence electrons. The number of benzene rings is 1. The molecule has 4 heteroatoms. The Morgan fingerprint density at radius 1 is 1.44 bits per heavy atom. The molecule has 18 heavy (non-hydrogen) atoms. The van der Waals surface area contributed by atoms with E-state index < -0.39 is 0 Å². The monoisotopic (exact) mass is 311 g/mol. The summed E-state index contributed by atoms with van der Waals surface area (Å²) < 4.78 is 6.51. The molecule has 0 saturated carbocycles. The molecule has 1 unspecified atom stereocenters. The van der Waals surface area contributed by atoms with Crippen LogP contribution in [0, 0.1) is 6.92 Å². The molecule has 1 aromatic rings. The van der Waals surface area contributed by atoms with Crippen LogP contribution < -0.4 is 0 Å². The van der Waals surface area contributed by atoms with Crippen molar-refractivity contribution in [2.75, 3.05) is 19.7 Å². The average molecular weight is 312 g/mol. The average Bonchev–Trinajstić information content (AvgIpc) is 2.51. The van der Waals surface area contributed by atoms with Gasteiger partial charge in [0.25, 0.3) is 5.91 Å². The molecule has 1 saturated heterocycles. The molecule has 0 aromatic heterocycles. The Balaban J connectivity index is 2.18. The van der Waals surface area contributed by atoms with E-state index >= 15 is 0 Å². The van der Waals surface area contributed by atoms with Crippen molar-refractivity contribution in [2.45, 2.75) is 26.4 Å². The van der Waals surface area contributed by atoms with Crippen LogP contribution in [0.1, 0.15) is 29.3 Å². The van der Waals surface area contributed by atoms with Crippen molar-refractivity contribution in [1.82, 2.24) is 4.90 Å². The predicted molar refractivity (Wildman–Crippen MR) is 74.8 cm³/mol. The van der Waals surface area contributed by atoms with Gasteiger partial charge < -0.3 is 9.64 Å². The van der Waals surface area contributed by atoms with Gasteiger partial charge in [0.1, 0.15) is 0 Å². The molecular weight excluding hydrogens is 294 g/mol. The summed E-state index contributed by atoms with van der Waals surface area (Å²) in [6.07, 6.45) is 1.02. The summed E-state index contributed by atoms with van der Waals surface area (Å²) in [6.45, 7) is 6.19. The van der Waals surface area contributed by atoms with Crippen LogP contribution in [0.15, 0.2) is 22.7 Å². The molecule has 0 bridgehead atoms. The van der Waals surface area contributed by atoms with E-state index in [0.717, 1.165) is 35.2 Å². The standard InChI is InChI=1S/C14H18BrNO2/c1-10-6-12(8-13(15)7-10)14(17)16-4-3-5-18-11(2)9-16/h6-8,11H,3-5,9H2,1-2H3. The number of halogens is 1. The van der Waals surface area contributed by atoms with E-state index in [2.05, 4.69) is 15.9 Å². The van der Waals surface area contributed by atoms with Crippen molar-refractivity contribution in [3.8, 4) is 0 Å². The van der Waals surface area contributed by atoms with Crippen molar-refractivity contribution < 1.29 is 9.53 Å². The zero-order valence-corrected chi connectivity index (χ0v) is 12.4. The van der Waals surface area contributed by atoms with Gasteiger partial charge in [0.15, 0.2) is 0 Å². The van der Waals surface area contributed by atoms with Gasteiger partial charge in [-0.05, 0) is 44.0 Å². The Bertz CT molecular complexity index is 427. The molecule has 1 amide bonds. The molecule has 0 N–H and O–H groups in total. The van der Waals surface area contributed by atoms with Crippen molar-refractivity contribution in [2.24, 2.45) is 0 Å². The van der Waals surface area contributed by atoms with E-state index in [1.807, 2.05) is 36.9 Å². The highest BCUT2D eigenvalue weighted by molar-refractivity contribution is 9.10. The summed E-state index contributed by atoms with van der Waals surface area (Å²) in [5.41, 5.74) is 1.84. The highest BCUT2D eigenvalue weighted by Gasteiger charge is 2.21. The third-order valence-corrected chi connectivity index (χ3v) is 3.49. The number of hydrogen-bond donors (Lipinski definition) is 0. The molecule has 0 spiro atoms. The minimum Gasteiger partial charge on any atom is -0.377 e. The molecule has 1 aromatic carbocycles. The number of amides is 1. The van der Waals surface area contributed by atoms with Crippen molar-refractivity contribution in [3.63, 3.8) is 0 Å². The van der Waals surface area contributed by atoms with E-state index in [-0.39, 0.29) is 12.0 Å². The van der Waals surface area contributed by atoms with Gasteiger partial charge in [-0.25, -0.2) is 0 Å². The zero-order valence-electron chi connectivity index (χ0n) is 10.8. The molecule has 2 rings (SSSR count). The van der Waals surface area contributed by atoms with E-state index in [4.69, 9.17) is 4.74 Å². The second kappa shape index (κ2) is 5.85. The van der Waals surface area contributed by atoms with E-state index in [1.54, 1.807) is 0 Å². The molecule has 1 aliphatic heterocycles. The van der Waals surface area contributed by atoms with Crippen LogP contribution >= 0.6 is 15.9 Å². The van der Waals surface area contributed by atoms with E-state index in [1.165, 1.54) is 0 Å². The van der Waals surface area contributed by atoms with Crippen LogP contribution in [-0.4, -0.2) is 36.6 Å². The fraction of sp³-hybridized carbons (Fsp3) is 0.500. The van der Waals surface area contributed by atoms with E-state index in [9.17, 15) is 4.79 Å². The molecule has 1 heterocycles. The summed E-state index contributed by atoms with van der Waals surface area (Å²) in [5.74, 6) is 0.0942. The van der Waals surface area contributed by atoms with Gasteiger partial charge in [-0.15, -0.1) is 0 Å². The summed E-state index contributed by atoms with van der Waals surface area (Å²) >= 11 is 3.44. The van der Waals surface area contributed by atoms with Crippen LogP contribution in [0.3, 0.4) is 0 Å². The highest BCUT2D eigenvalue weighted by Crippen LogP contribution is 2.18. The smallest absolute Gasteiger partial charge is 0.253 e. The second-order valence-electron chi connectivity index (χ2n) is 4.80. The van der Waals surface area contributed by atoms with Crippen LogP contribution in [0.2, 0.25) is 0 Å². The molecule has 0 aliphatic carbocycles. The second-order valence-corrected chi connectivity index (χ2v) is 5.72. The molecule has 1 aliphatic rings. The van der Waals surface area contributed by atoms with E-state index in [0.29, 0.717) is 6.54 Å². The van der Waals surface area contributed by atoms with Gasteiger partial charge in [-0.3, -0.25) is 4.79 Å². The quantitative estimate of drug-likeness (QED) is 0.798. The van der Waals surface area contributed by atoms with Crippen molar-refractivity contribution in [1.29, 1.82) is 0 Å².